The number of carbonyl (C=O) groups excluding carboxylic acids is 1. The van der Waals surface area contributed by atoms with Crippen molar-refractivity contribution < 1.29 is 24.9 Å². The quantitative estimate of drug-likeness (QED) is 0.575. The van der Waals surface area contributed by atoms with Gasteiger partial charge < -0.3 is 19.9 Å². The zero-order chi connectivity index (χ0) is 20.8. The van der Waals surface area contributed by atoms with Gasteiger partial charge in [0.1, 0.15) is 5.75 Å². The Balaban J connectivity index is 0.00000320. The SMILES string of the molecule is Cc1ccc(C(=O)c2cccn2CC=Cc2cccc(O[C@@H](C)C(=O)O)c2)cc1.O. The number of benzene rings is 2. The van der Waals surface area contributed by atoms with E-state index in [-0.39, 0.29) is 11.3 Å². The van der Waals surface area contributed by atoms with Crippen LogP contribution in [0.4, 0.5) is 0 Å². The Morgan fingerprint density at radius 1 is 1.10 bits per heavy atom. The molecule has 3 rings (SSSR count). The molecule has 0 bridgehead atoms. The molecule has 0 amide bonds. The molecule has 0 spiro atoms. The lowest BCUT2D eigenvalue weighted by atomic mass is 10.1. The highest BCUT2D eigenvalue weighted by atomic mass is 16.5. The van der Waals surface area contributed by atoms with Gasteiger partial charge >= 0.3 is 5.97 Å². The largest absolute Gasteiger partial charge is 0.479 e. The molecule has 0 radical (unpaired) electrons. The van der Waals surface area contributed by atoms with E-state index in [0.29, 0.717) is 23.6 Å². The van der Waals surface area contributed by atoms with E-state index < -0.39 is 12.1 Å². The molecule has 6 nitrogen and oxygen atoms in total. The molecule has 0 unspecified atom stereocenters. The number of hydrogen-bond acceptors (Lipinski definition) is 3. The molecule has 3 N–H and O–H groups in total. The normalized spacial score (nSPS) is 11.7. The predicted octanol–water partition coefficient (Wildman–Crippen LogP) is 3.77. The lowest BCUT2D eigenvalue weighted by Gasteiger charge is -2.10. The fraction of sp³-hybridized carbons (Fsp3) is 0.167. The van der Waals surface area contributed by atoms with Crippen LogP contribution in [0.25, 0.3) is 6.08 Å². The first-order valence-corrected chi connectivity index (χ1v) is 9.36. The van der Waals surface area contributed by atoms with Crippen LogP contribution in [0.15, 0.2) is 72.9 Å². The van der Waals surface area contributed by atoms with Crippen molar-refractivity contribution in [3.05, 3.63) is 95.3 Å². The average Bonchev–Trinajstić information content (AvgIpc) is 3.17. The van der Waals surface area contributed by atoms with Gasteiger partial charge in [0.25, 0.3) is 0 Å². The van der Waals surface area contributed by atoms with Gasteiger partial charge in [0.2, 0.25) is 5.78 Å². The highest BCUT2D eigenvalue weighted by Crippen LogP contribution is 2.17. The minimum atomic E-state index is -1.01. The van der Waals surface area contributed by atoms with Crippen molar-refractivity contribution in [2.24, 2.45) is 0 Å². The molecule has 6 heteroatoms. The van der Waals surface area contributed by atoms with E-state index >= 15 is 0 Å². The number of ether oxygens (including phenoxy) is 1. The topological polar surface area (TPSA) is 100 Å². The van der Waals surface area contributed by atoms with Crippen molar-refractivity contribution in [2.75, 3.05) is 0 Å². The molecular weight excluding hydrogens is 382 g/mol. The molecule has 1 atom stereocenters. The van der Waals surface area contributed by atoms with Crippen molar-refractivity contribution >= 4 is 17.8 Å². The highest BCUT2D eigenvalue weighted by molar-refractivity contribution is 6.08. The van der Waals surface area contributed by atoms with Gasteiger partial charge in [-0.2, -0.15) is 0 Å². The number of carbonyl (C=O) groups is 2. The third-order valence-corrected chi connectivity index (χ3v) is 4.51. The third-order valence-electron chi connectivity index (χ3n) is 4.51. The first kappa shape index (κ1) is 22.6. The van der Waals surface area contributed by atoms with E-state index in [1.165, 1.54) is 6.92 Å². The number of aryl methyl sites for hydroxylation is 1. The number of ketones is 1. The number of carboxylic acids is 1. The molecule has 156 valence electrons. The molecule has 0 fully saturated rings. The number of hydrogen-bond donors (Lipinski definition) is 1. The Bertz CT molecular complexity index is 1030. The molecule has 30 heavy (non-hydrogen) atoms. The van der Waals surface area contributed by atoms with Gasteiger partial charge in [0.15, 0.2) is 6.10 Å². The van der Waals surface area contributed by atoms with Crippen LogP contribution in [-0.4, -0.2) is 33.0 Å². The first-order chi connectivity index (χ1) is 13.9. The average molecular weight is 407 g/mol. The maximum absolute atomic E-state index is 12.8. The fourth-order valence-electron chi connectivity index (χ4n) is 2.88. The summed E-state index contributed by atoms with van der Waals surface area (Å²) in [6.45, 7) is 4.02. The molecule has 1 heterocycles. The van der Waals surface area contributed by atoms with Gasteiger partial charge in [-0.3, -0.25) is 4.79 Å². The molecule has 0 saturated carbocycles. The van der Waals surface area contributed by atoms with Crippen LogP contribution >= 0.6 is 0 Å². The Labute approximate surface area is 175 Å². The predicted molar refractivity (Wildman–Crippen MR) is 116 cm³/mol. The number of carboxylic acid groups (broad SMARTS) is 1. The minimum absolute atomic E-state index is 0. The van der Waals surface area contributed by atoms with Crippen LogP contribution < -0.4 is 4.74 Å². The number of aliphatic carboxylic acids is 1. The molecule has 1 aromatic heterocycles. The lowest BCUT2D eigenvalue weighted by Crippen LogP contribution is -2.22. The van der Waals surface area contributed by atoms with Crippen molar-refractivity contribution in [2.45, 2.75) is 26.5 Å². The van der Waals surface area contributed by atoms with Gasteiger partial charge in [-0.05, 0) is 43.7 Å². The molecule has 0 aliphatic rings. The van der Waals surface area contributed by atoms with Crippen LogP contribution in [0.1, 0.15) is 34.1 Å². The summed E-state index contributed by atoms with van der Waals surface area (Å²) in [6.07, 6.45) is 4.83. The van der Waals surface area contributed by atoms with E-state index in [2.05, 4.69) is 0 Å². The van der Waals surface area contributed by atoms with Crippen LogP contribution in [0, 0.1) is 6.92 Å². The standard InChI is InChI=1S/C24H23NO4.H2O/c1-17-10-12-20(13-11-17)23(26)22-9-5-15-25(22)14-4-7-19-6-3-8-21(16-19)29-18(2)24(27)28;/h3-13,15-16,18H,14H2,1-2H3,(H,27,28);1H2/t18-;/m0./s1. The summed E-state index contributed by atoms with van der Waals surface area (Å²) in [7, 11) is 0. The lowest BCUT2D eigenvalue weighted by molar-refractivity contribution is -0.144. The molecule has 0 aliphatic carbocycles. The maximum Gasteiger partial charge on any atom is 0.344 e. The van der Waals surface area contributed by atoms with E-state index in [9.17, 15) is 9.59 Å². The summed E-state index contributed by atoms with van der Waals surface area (Å²) in [6, 6.07) is 18.4. The summed E-state index contributed by atoms with van der Waals surface area (Å²) in [5.74, 6) is -0.524. The zero-order valence-electron chi connectivity index (χ0n) is 16.9. The van der Waals surface area contributed by atoms with E-state index in [1.54, 1.807) is 12.1 Å². The molecule has 2 aromatic carbocycles. The van der Waals surface area contributed by atoms with Crippen LogP contribution in [-0.2, 0) is 11.3 Å². The maximum atomic E-state index is 12.8. The zero-order valence-corrected chi connectivity index (χ0v) is 16.9. The van der Waals surface area contributed by atoms with Gasteiger partial charge in [0, 0.05) is 18.3 Å². The Hall–Kier alpha value is -3.64. The molecular formula is C24H25NO5. The fourth-order valence-corrected chi connectivity index (χ4v) is 2.88. The van der Waals surface area contributed by atoms with Gasteiger partial charge in [0.05, 0.1) is 5.69 Å². The first-order valence-electron chi connectivity index (χ1n) is 9.36. The number of rotatable bonds is 8. The number of nitrogens with zero attached hydrogens (tertiary/aromatic N) is 1. The van der Waals surface area contributed by atoms with Gasteiger partial charge in [-0.15, -0.1) is 0 Å². The van der Waals surface area contributed by atoms with E-state index in [4.69, 9.17) is 9.84 Å². The Morgan fingerprint density at radius 2 is 1.83 bits per heavy atom. The monoisotopic (exact) mass is 407 g/mol. The van der Waals surface area contributed by atoms with Crippen LogP contribution in [0.5, 0.6) is 5.75 Å². The Kier molecular flexibility index (Phi) is 7.72. The third kappa shape index (κ3) is 5.68. The summed E-state index contributed by atoms with van der Waals surface area (Å²) in [4.78, 5) is 23.7. The second-order valence-electron chi connectivity index (χ2n) is 6.81. The summed E-state index contributed by atoms with van der Waals surface area (Å²) < 4.78 is 7.29. The Morgan fingerprint density at radius 3 is 2.53 bits per heavy atom. The van der Waals surface area contributed by atoms with Gasteiger partial charge in [-0.25, -0.2) is 4.79 Å². The highest BCUT2D eigenvalue weighted by Gasteiger charge is 2.13. The van der Waals surface area contributed by atoms with Crippen molar-refractivity contribution in [1.82, 2.24) is 4.57 Å². The van der Waals surface area contributed by atoms with Crippen molar-refractivity contribution in [3.63, 3.8) is 0 Å². The second-order valence-corrected chi connectivity index (χ2v) is 6.81. The van der Waals surface area contributed by atoms with Gasteiger partial charge in [-0.1, -0.05) is 54.1 Å². The smallest absolute Gasteiger partial charge is 0.344 e. The number of allylic oxidation sites excluding steroid dienone is 1. The van der Waals surface area contributed by atoms with E-state index in [1.807, 2.05) is 78.4 Å². The second kappa shape index (κ2) is 10.2. The summed E-state index contributed by atoms with van der Waals surface area (Å²) in [5.41, 5.74) is 3.30. The van der Waals surface area contributed by atoms with Crippen LogP contribution in [0.3, 0.4) is 0 Å². The molecule has 3 aromatic rings. The summed E-state index contributed by atoms with van der Waals surface area (Å²) in [5, 5.41) is 8.96. The molecule has 0 aliphatic heterocycles. The number of aromatic nitrogens is 1. The van der Waals surface area contributed by atoms with E-state index in [0.717, 1.165) is 11.1 Å². The van der Waals surface area contributed by atoms with Crippen molar-refractivity contribution in [3.8, 4) is 5.75 Å². The minimum Gasteiger partial charge on any atom is -0.479 e. The summed E-state index contributed by atoms with van der Waals surface area (Å²) >= 11 is 0. The van der Waals surface area contributed by atoms with Crippen LogP contribution in [0.2, 0.25) is 0 Å². The molecule has 0 saturated heterocycles. The van der Waals surface area contributed by atoms with Crippen molar-refractivity contribution in [1.29, 1.82) is 0 Å².